The molecular weight excluding hydrogens is 277 g/mol. The first-order valence-corrected chi connectivity index (χ1v) is 7.16. The molecule has 0 spiro atoms. The van der Waals surface area contributed by atoms with E-state index in [2.05, 4.69) is 10.1 Å². The number of ether oxygens (including phenoxy) is 1. The Morgan fingerprint density at radius 1 is 1.42 bits per heavy atom. The summed E-state index contributed by atoms with van der Waals surface area (Å²) in [5, 5.41) is 3.10. The number of nitrogen functional groups attached to an aromatic ring is 1. The average molecular weight is 294 g/mol. The van der Waals surface area contributed by atoms with E-state index in [0.29, 0.717) is 5.69 Å². The van der Waals surface area contributed by atoms with Crippen LogP contribution in [0.25, 0.3) is 0 Å². The summed E-state index contributed by atoms with van der Waals surface area (Å²) >= 11 is 1.65. The molecule has 0 aliphatic carbocycles. The summed E-state index contributed by atoms with van der Waals surface area (Å²) in [6.45, 7) is -1.08. The molecule has 0 saturated carbocycles. The number of hydrogen-bond acceptors (Lipinski definition) is 4. The SMILES string of the molecule is CCC(CSC)Nc1cc(OC(F)F)c(F)cc1N. The minimum Gasteiger partial charge on any atom is -0.432 e. The van der Waals surface area contributed by atoms with Gasteiger partial charge in [0, 0.05) is 23.9 Å². The quantitative estimate of drug-likeness (QED) is 0.755. The third kappa shape index (κ3) is 4.74. The number of benzene rings is 1. The van der Waals surface area contributed by atoms with Gasteiger partial charge in [-0.15, -0.1) is 0 Å². The fourth-order valence-corrected chi connectivity index (χ4v) is 2.28. The van der Waals surface area contributed by atoms with Gasteiger partial charge in [0.1, 0.15) is 0 Å². The third-order valence-corrected chi connectivity index (χ3v) is 3.28. The summed E-state index contributed by atoms with van der Waals surface area (Å²) in [4.78, 5) is 0. The zero-order chi connectivity index (χ0) is 14.4. The van der Waals surface area contributed by atoms with Crippen molar-refractivity contribution < 1.29 is 17.9 Å². The maximum absolute atomic E-state index is 13.4. The van der Waals surface area contributed by atoms with Crippen molar-refractivity contribution in [1.29, 1.82) is 0 Å². The molecule has 19 heavy (non-hydrogen) atoms. The third-order valence-electron chi connectivity index (χ3n) is 2.54. The molecule has 3 N–H and O–H groups in total. The van der Waals surface area contributed by atoms with Crippen LogP contribution >= 0.6 is 11.8 Å². The first-order valence-electron chi connectivity index (χ1n) is 5.77. The fourth-order valence-electron chi connectivity index (χ4n) is 1.56. The number of anilines is 2. The maximum Gasteiger partial charge on any atom is 0.387 e. The van der Waals surface area contributed by atoms with Crippen LogP contribution in [-0.4, -0.2) is 24.7 Å². The largest absolute Gasteiger partial charge is 0.432 e. The van der Waals surface area contributed by atoms with Crippen molar-refractivity contribution in [2.24, 2.45) is 0 Å². The number of alkyl halides is 2. The topological polar surface area (TPSA) is 47.3 Å². The second-order valence-electron chi connectivity index (χ2n) is 3.95. The lowest BCUT2D eigenvalue weighted by Crippen LogP contribution is -2.22. The molecule has 0 aliphatic rings. The second-order valence-corrected chi connectivity index (χ2v) is 4.86. The van der Waals surface area contributed by atoms with Crippen molar-refractivity contribution in [3.63, 3.8) is 0 Å². The number of halogens is 3. The molecule has 0 aromatic heterocycles. The Bertz CT molecular complexity index is 418. The van der Waals surface area contributed by atoms with Crippen molar-refractivity contribution in [3.8, 4) is 5.75 Å². The molecule has 1 aromatic carbocycles. The van der Waals surface area contributed by atoms with Gasteiger partial charge >= 0.3 is 6.61 Å². The summed E-state index contributed by atoms with van der Waals surface area (Å²) < 4.78 is 41.8. The molecule has 0 radical (unpaired) electrons. The molecular formula is C12H17F3N2OS. The molecule has 1 atom stereocenters. The van der Waals surface area contributed by atoms with Crippen molar-refractivity contribution in [3.05, 3.63) is 17.9 Å². The van der Waals surface area contributed by atoms with E-state index < -0.39 is 18.2 Å². The Kier molecular flexibility index (Phi) is 6.14. The summed E-state index contributed by atoms with van der Waals surface area (Å²) in [5.41, 5.74) is 6.23. The molecule has 7 heteroatoms. The van der Waals surface area contributed by atoms with Crippen LogP contribution in [0.5, 0.6) is 5.75 Å². The van der Waals surface area contributed by atoms with E-state index >= 15 is 0 Å². The number of rotatable bonds is 7. The predicted molar refractivity (Wildman–Crippen MR) is 73.5 cm³/mol. The number of nitrogens with one attached hydrogen (secondary N) is 1. The maximum atomic E-state index is 13.4. The summed E-state index contributed by atoms with van der Waals surface area (Å²) in [5.74, 6) is -0.579. The number of thioether (sulfide) groups is 1. The normalized spacial score (nSPS) is 12.5. The van der Waals surface area contributed by atoms with Crippen molar-refractivity contribution in [1.82, 2.24) is 0 Å². The van der Waals surface area contributed by atoms with E-state index in [9.17, 15) is 13.2 Å². The highest BCUT2D eigenvalue weighted by Gasteiger charge is 2.15. The van der Waals surface area contributed by atoms with E-state index in [1.165, 1.54) is 6.07 Å². The molecule has 108 valence electrons. The first-order chi connectivity index (χ1) is 8.97. The zero-order valence-electron chi connectivity index (χ0n) is 10.8. The second kappa shape index (κ2) is 7.37. The van der Waals surface area contributed by atoms with Crippen LogP contribution in [0.4, 0.5) is 24.5 Å². The highest BCUT2D eigenvalue weighted by molar-refractivity contribution is 7.98. The Morgan fingerprint density at radius 2 is 2.11 bits per heavy atom. The van der Waals surface area contributed by atoms with Crippen molar-refractivity contribution >= 4 is 23.1 Å². The van der Waals surface area contributed by atoms with Gasteiger partial charge in [0.2, 0.25) is 0 Å². The molecule has 1 aromatic rings. The van der Waals surface area contributed by atoms with Crippen LogP contribution in [0.3, 0.4) is 0 Å². The van der Waals surface area contributed by atoms with E-state index in [4.69, 9.17) is 5.73 Å². The van der Waals surface area contributed by atoms with Crippen LogP contribution < -0.4 is 15.8 Å². The Balaban J connectivity index is 2.93. The highest BCUT2D eigenvalue weighted by atomic mass is 32.2. The van der Waals surface area contributed by atoms with Gasteiger partial charge < -0.3 is 15.8 Å². The smallest absolute Gasteiger partial charge is 0.387 e. The standard InChI is InChI=1S/C12H17F3N2OS/c1-3-7(6-19-2)17-10-5-11(18-12(14)15)8(13)4-9(10)16/h4-5,7,12,17H,3,6,16H2,1-2H3. The van der Waals surface area contributed by atoms with Gasteiger partial charge in [-0.3, -0.25) is 0 Å². The van der Waals surface area contributed by atoms with Gasteiger partial charge in [0.15, 0.2) is 11.6 Å². The van der Waals surface area contributed by atoms with Crippen LogP contribution in [0.15, 0.2) is 12.1 Å². The van der Waals surface area contributed by atoms with Crippen molar-refractivity contribution in [2.45, 2.75) is 26.0 Å². The molecule has 0 aliphatic heterocycles. The minimum atomic E-state index is -3.07. The van der Waals surface area contributed by atoms with Crippen LogP contribution in [0.2, 0.25) is 0 Å². The van der Waals surface area contributed by atoms with Gasteiger partial charge in [0.05, 0.1) is 11.4 Å². The van der Waals surface area contributed by atoms with E-state index in [1.54, 1.807) is 11.8 Å². The summed E-state index contributed by atoms with van der Waals surface area (Å²) in [6, 6.07) is 2.27. The van der Waals surface area contributed by atoms with E-state index in [0.717, 1.165) is 18.2 Å². The Morgan fingerprint density at radius 3 is 2.63 bits per heavy atom. The van der Waals surface area contributed by atoms with Crippen molar-refractivity contribution in [2.75, 3.05) is 23.1 Å². The molecule has 0 heterocycles. The van der Waals surface area contributed by atoms with Gasteiger partial charge in [-0.1, -0.05) is 6.92 Å². The predicted octanol–water partition coefficient (Wildman–Crippen LogP) is 3.56. The fraction of sp³-hybridized carbons (Fsp3) is 0.500. The van der Waals surface area contributed by atoms with Gasteiger partial charge in [-0.25, -0.2) is 4.39 Å². The molecule has 0 bridgehead atoms. The van der Waals surface area contributed by atoms with Gasteiger partial charge in [-0.2, -0.15) is 20.5 Å². The number of hydrogen-bond donors (Lipinski definition) is 2. The zero-order valence-corrected chi connectivity index (χ0v) is 11.6. The van der Waals surface area contributed by atoms with E-state index in [-0.39, 0.29) is 11.7 Å². The lowest BCUT2D eigenvalue weighted by atomic mass is 10.2. The molecule has 1 rings (SSSR count). The highest BCUT2D eigenvalue weighted by Crippen LogP contribution is 2.30. The molecule has 0 amide bonds. The molecule has 3 nitrogen and oxygen atoms in total. The van der Waals surface area contributed by atoms with E-state index in [1.807, 2.05) is 13.2 Å². The lowest BCUT2D eigenvalue weighted by molar-refractivity contribution is -0.0521. The first kappa shape index (κ1) is 15.8. The van der Waals surface area contributed by atoms with Crippen LogP contribution in [-0.2, 0) is 0 Å². The van der Waals surface area contributed by atoms with Gasteiger partial charge in [-0.05, 0) is 12.7 Å². The Labute approximate surface area is 114 Å². The summed E-state index contributed by atoms with van der Waals surface area (Å²) in [6.07, 6.45) is 2.80. The van der Waals surface area contributed by atoms with Gasteiger partial charge in [0.25, 0.3) is 0 Å². The average Bonchev–Trinajstić information content (AvgIpc) is 2.33. The monoisotopic (exact) mass is 294 g/mol. The summed E-state index contributed by atoms with van der Waals surface area (Å²) in [7, 11) is 0. The lowest BCUT2D eigenvalue weighted by Gasteiger charge is -2.19. The minimum absolute atomic E-state index is 0.127. The molecule has 0 fully saturated rings. The van der Waals surface area contributed by atoms with Crippen LogP contribution in [0.1, 0.15) is 13.3 Å². The molecule has 0 saturated heterocycles. The Hall–Kier alpha value is -1.24. The number of nitrogens with two attached hydrogens (primary N) is 1. The van der Waals surface area contributed by atoms with Crippen LogP contribution in [0, 0.1) is 5.82 Å². The molecule has 1 unspecified atom stereocenters.